The van der Waals surface area contributed by atoms with Crippen LogP contribution < -0.4 is 0 Å². The standard InChI is InChI=1S/C11H16O3/c1-2-14-11(13)8-7-9-5-3-4-6-10(9)12/h5H,2-4,6-8H2,1H3. The third-order valence-electron chi connectivity index (χ3n) is 2.26. The summed E-state index contributed by atoms with van der Waals surface area (Å²) in [6.07, 6.45) is 5.36. The predicted octanol–water partition coefficient (Wildman–Crippen LogP) is 2.01. The minimum Gasteiger partial charge on any atom is -0.466 e. The maximum absolute atomic E-state index is 11.3. The molecule has 0 bridgehead atoms. The third-order valence-corrected chi connectivity index (χ3v) is 2.26. The summed E-state index contributed by atoms with van der Waals surface area (Å²) >= 11 is 0. The van der Waals surface area contributed by atoms with Crippen LogP contribution in [0.1, 0.15) is 39.0 Å². The Labute approximate surface area is 84.1 Å². The quantitative estimate of drug-likeness (QED) is 0.646. The number of rotatable bonds is 4. The molecule has 0 fully saturated rings. The molecule has 78 valence electrons. The largest absolute Gasteiger partial charge is 0.466 e. The van der Waals surface area contributed by atoms with Gasteiger partial charge in [-0.25, -0.2) is 0 Å². The van der Waals surface area contributed by atoms with E-state index in [1.54, 1.807) is 6.92 Å². The van der Waals surface area contributed by atoms with E-state index in [2.05, 4.69) is 0 Å². The first-order valence-corrected chi connectivity index (χ1v) is 5.12. The molecule has 0 spiro atoms. The Morgan fingerprint density at radius 2 is 2.36 bits per heavy atom. The molecule has 0 unspecified atom stereocenters. The zero-order chi connectivity index (χ0) is 10.4. The molecule has 0 amide bonds. The predicted molar refractivity (Wildman–Crippen MR) is 52.8 cm³/mol. The lowest BCUT2D eigenvalue weighted by atomic mass is 9.95. The van der Waals surface area contributed by atoms with Crippen LogP contribution >= 0.6 is 0 Å². The number of allylic oxidation sites excluding steroid dienone is 2. The van der Waals surface area contributed by atoms with Crippen LogP contribution in [-0.2, 0) is 14.3 Å². The van der Waals surface area contributed by atoms with Gasteiger partial charge in [0.15, 0.2) is 5.78 Å². The van der Waals surface area contributed by atoms with Crippen LogP contribution in [0.5, 0.6) is 0 Å². The van der Waals surface area contributed by atoms with Crippen molar-refractivity contribution in [2.24, 2.45) is 0 Å². The maximum atomic E-state index is 11.3. The van der Waals surface area contributed by atoms with Crippen molar-refractivity contribution in [3.8, 4) is 0 Å². The van der Waals surface area contributed by atoms with Crippen molar-refractivity contribution in [3.05, 3.63) is 11.6 Å². The van der Waals surface area contributed by atoms with Crippen molar-refractivity contribution in [2.75, 3.05) is 6.61 Å². The highest BCUT2D eigenvalue weighted by Gasteiger charge is 2.14. The maximum Gasteiger partial charge on any atom is 0.306 e. The number of hydrogen-bond acceptors (Lipinski definition) is 3. The SMILES string of the molecule is CCOC(=O)CCC1=CCCCC1=O. The molecule has 14 heavy (non-hydrogen) atoms. The van der Waals surface area contributed by atoms with E-state index < -0.39 is 0 Å². The van der Waals surface area contributed by atoms with E-state index in [0.29, 0.717) is 25.9 Å². The van der Waals surface area contributed by atoms with Gasteiger partial charge < -0.3 is 4.74 Å². The van der Waals surface area contributed by atoms with E-state index >= 15 is 0 Å². The molecule has 0 heterocycles. The summed E-state index contributed by atoms with van der Waals surface area (Å²) < 4.78 is 4.79. The first kappa shape index (κ1) is 11.0. The summed E-state index contributed by atoms with van der Waals surface area (Å²) in [5.41, 5.74) is 0.810. The molecule has 1 aliphatic carbocycles. The zero-order valence-electron chi connectivity index (χ0n) is 8.54. The van der Waals surface area contributed by atoms with E-state index in [0.717, 1.165) is 18.4 Å². The molecule has 1 rings (SSSR count). The van der Waals surface area contributed by atoms with Crippen molar-refractivity contribution in [2.45, 2.75) is 39.0 Å². The molecule has 0 saturated heterocycles. The van der Waals surface area contributed by atoms with Gasteiger partial charge in [-0.15, -0.1) is 0 Å². The minimum atomic E-state index is -0.216. The number of carbonyl (C=O) groups excluding carboxylic acids is 2. The number of carbonyl (C=O) groups is 2. The first-order chi connectivity index (χ1) is 6.74. The lowest BCUT2D eigenvalue weighted by Crippen LogP contribution is -2.10. The highest BCUT2D eigenvalue weighted by molar-refractivity contribution is 5.96. The second-order valence-electron chi connectivity index (χ2n) is 3.35. The van der Waals surface area contributed by atoms with Gasteiger partial charge in [0.1, 0.15) is 0 Å². The molecule has 0 aliphatic heterocycles. The summed E-state index contributed by atoms with van der Waals surface area (Å²) in [4.78, 5) is 22.4. The molecular formula is C11H16O3. The van der Waals surface area contributed by atoms with Gasteiger partial charge in [0.2, 0.25) is 0 Å². The fourth-order valence-electron chi connectivity index (χ4n) is 1.52. The highest BCUT2D eigenvalue weighted by atomic mass is 16.5. The van der Waals surface area contributed by atoms with E-state index in [1.807, 2.05) is 6.08 Å². The van der Waals surface area contributed by atoms with Gasteiger partial charge in [0, 0.05) is 12.8 Å². The van der Waals surface area contributed by atoms with Gasteiger partial charge in [-0.3, -0.25) is 9.59 Å². The smallest absolute Gasteiger partial charge is 0.306 e. The van der Waals surface area contributed by atoms with E-state index in [1.165, 1.54) is 0 Å². The molecule has 3 heteroatoms. The van der Waals surface area contributed by atoms with Gasteiger partial charge in [-0.2, -0.15) is 0 Å². The Kier molecular flexibility index (Phi) is 4.36. The second kappa shape index (κ2) is 5.58. The van der Waals surface area contributed by atoms with Crippen LogP contribution in [0.4, 0.5) is 0 Å². The molecule has 0 aromatic rings. The van der Waals surface area contributed by atoms with Crippen LogP contribution in [-0.4, -0.2) is 18.4 Å². The van der Waals surface area contributed by atoms with Crippen LogP contribution in [0.25, 0.3) is 0 Å². The normalized spacial score (nSPS) is 16.4. The zero-order valence-corrected chi connectivity index (χ0v) is 8.54. The summed E-state index contributed by atoms with van der Waals surface area (Å²) in [5.74, 6) is -0.0210. The van der Waals surface area contributed by atoms with Crippen molar-refractivity contribution in [3.63, 3.8) is 0 Å². The van der Waals surface area contributed by atoms with E-state index in [9.17, 15) is 9.59 Å². The molecule has 0 aromatic carbocycles. The van der Waals surface area contributed by atoms with Crippen LogP contribution in [0.15, 0.2) is 11.6 Å². The second-order valence-corrected chi connectivity index (χ2v) is 3.35. The van der Waals surface area contributed by atoms with Crippen molar-refractivity contribution >= 4 is 11.8 Å². The van der Waals surface area contributed by atoms with Gasteiger partial charge in [0.25, 0.3) is 0 Å². The Hall–Kier alpha value is -1.12. The van der Waals surface area contributed by atoms with Gasteiger partial charge >= 0.3 is 5.97 Å². The summed E-state index contributed by atoms with van der Waals surface area (Å²) in [6.45, 7) is 2.19. The molecule has 0 N–H and O–H groups in total. The molecule has 3 nitrogen and oxygen atoms in total. The Balaban J connectivity index is 2.33. The number of ketones is 1. The van der Waals surface area contributed by atoms with Crippen molar-refractivity contribution < 1.29 is 14.3 Å². The van der Waals surface area contributed by atoms with Crippen LogP contribution in [0, 0.1) is 0 Å². The number of Topliss-reactive ketones (excluding diaryl/α,β-unsaturated/α-hetero) is 1. The monoisotopic (exact) mass is 196 g/mol. The van der Waals surface area contributed by atoms with Gasteiger partial charge in [-0.1, -0.05) is 6.08 Å². The molecule has 0 atom stereocenters. The Morgan fingerprint density at radius 3 is 3.00 bits per heavy atom. The molecule has 0 saturated carbocycles. The highest BCUT2D eigenvalue weighted by Crippen LogP contribution is 2.18. The average Bonchev–Trinajstić information content (AvgIpc) is 2.17. The lowest BCUT2D eigenvalue weighted by molar-refractivity contribution is -0.143. The van der Waals surface area contributed by atoms with Crippen LogP contribution in [0.3, 0.4) is 0 Å². The molecule has 0 radical (unpaired) electrons. The Morgan fingerprint density at radius 1 is 1.57 bits per heavy atom. The third kappa shape index (κ3) is 3.32. The fraction of sp³-hybridized carbons (Fsp3) is 0.636. The average molecular weight is 196 g/mol. The number of ether oxygens (including phenoxy) is 1. The molecular weight excluding hydrogens is 180 g/mol. The number of hydrogen-bond donors (Lipinski definition) is 0. The first-order valence-electron chi connectivity index (χ1n) is 5.12. The summed E-state index contributed by atoms with van der Waals surface area (Å²) in [5, 5.41) is 0. The molecule has 1 aliphatic rings. The van der Waals surface area contributed by atoms with E-state index in [-0.39, 0.29) is 11.8 Å². The Bertz CT molecular complexity index is 253. The van der Waals surface area contributed by atoms with Crippen molar-refractivity contribution in [1.29, 1.82) is 0 Å². The minimum absolute atomic E-state index is 0.195. The summed E-state index contributed by atoms with van der Waals surface area (Å²) in [7, 11) is 0. The summed E-state index contributed by atoms with van der Waals surface area (Å²) in [6, 6.07) is 0. The number of esters is 1. The van der Waals surface area contributed by atoms with Crippen molar-refractivity contribution in [1.82, 2.24) is 0 Å². The van der Waals surface area contributed by atoms with Gasteiger partial charge in [-0.05, 0) is 31.8 Å². The fourth-order valence-corrected chi connectivity index (χ4v) is 1.52. The van der Waals surface area contributed by atoms with E-state index in [4.69, 9.17) is 4.74 Å². The van der Waals surface area contributed by atoms with Gasteiger partial charge in [0.05, 0.1) is 6.61 Å². The molecule has 0 aromatic heterocycles. The topological polar surface area (TPSA) is 43.4 Å². The lowest BCUT2D eigenvalue weighted by Gasteiger charge is -2.10. The van der Waals surface area contributed by atoms with Crippen LogP contribution in [0.2, 0.25) is 0 Å².